The molecule has 0 spiro atoms. The van der Waals surface area contributed by atoms with Gasteiger partial charge in [0, 0.05) is 25.2 Å². The van der Waals surface area contributed by atoms with Crippen LogP contribution in [0.4, 0.5) is 0 Å². The number of benzene rings is 1. The summed E-state index contributed by atoms with van der Waals surface area (Å²) in [6.07, 6.45) is 1.58. The van der Waals surface area contributed by atoms with Crippen molar-refractivity contribution in [2.75, 3.05) is 39.6 Å². The summed E-state index contributed by atoms with van der Waals surface area (Å²) in [5.41, 5.74) is 0.918. The zero-order chi connectivity index (χ0) is 16.6. The molecule has 124 valence electrons. The summed E-state index contributed by atoms with van der Waals surface area (Å²) in [6.45, 7) is 0.744. The van der Waals surface area contributed by atoms with Crippen LogP contribution in [0.3, 0.4) is 0 Å². The lowest BCUT2D eigenvalue weighted by atomic mass is 10.1. The number of methoxy groups -OCH3 is 1. The van der Waals surface area contributed by atoms with Crippen LogP contribution in [0, 0.1) is 0 Å². The van der Waals surface area contributed by atoms with E-state index in [0.717, 1.165) is 16.1 Å². The first-order chi connectivity index (χ1) is 10.3. The Labute approximate surface area is 136 Å². The van der Waals surface area contributed by atoms with E-state index in [0.29, 0.717) is 24.6 Å². The highest BCUT2D eigenvalue weighted by atomic mass is 35.5. The highest BCUT2D eigenvalue weighted by Gasteiger charge is 2.19. The fourth-order valence-electron chi connectivity index (χ4n) is 1.82. The Bertz CT molecular complexity index is 592. The van der Waals surface area contributed by atoms with Crippen LogP contribution >= 0.6 is 11.6 Å². The number of sulfonamides is 1. The summed E-state index contributed by atoms with van der Waals surface area (Å²) in [4.78, 5) is 11.7. The maximum atomic E-state index is 11.8. The number of rotatable bonds is 9. The fourth-order valence-corrected chi connectivity index (χ4v) is 2.80. The van der Waals surface area contributed by atoms with Crippen LogP contribution in [0.5, 0.6) is 0 Å². The molecule has 0 bridgehead atoms. The Balaban J connectivity index is 2.60. The van der Waals surface area contributed by atoms with Crippen LogP contribution in [-0.2, 0) is 26.0 Å². The summed E-state index contributed by atoms with van der Waals surface area (Å²) in [5, 5.41) is 3.20. The first kappa shape index (κ1) is 18.9. The molecule has 22 heavy (non-hydrogen) atoms. The smallest absolute Gasteiger partial charge is 0.235 e. The first-order valence-corrected chi connectivity index (χ1v) is 9.00. The second-order valence-electron chi connectivity index (χ2n) is 4.82. The summed E-state index contributed by atoms with van der Waals surface area (Å²) >= 11 is 5.90. The fraction of sp³-hybridized carbons (Fsp3) is 0.500. The van der Waals surface area contributed by atoms with E-state index in [1.165, 1.54) is 7.11 Å². The topological polar surface area (TPSA) is 75.7 Å². The minimum absolute atomic E-state index is 0.205. The molecule has 1 aromatic rings. The van der Waals surface area contributed by atoms with Crippen molar-refractivity contribution < 1.29 is 17.9 Å². The number of nitrogens with one attached hydrogen (secondary N) is 1. The van der Waals surface area contributed by atoms with Gasteiger partial charge in [-0.05, 0) is 24.1 Å². The minimum Gasteiger partial charge on any atom is -0.383 e. The zero-order valence-electron chi connectivity index (χ0n) is 12.7. The number of carbonyl (C=O) groups excluding carboxylic acids is 1. The van der Waals surface area contributed by atoms with Crippen LogP contribution < -0.4 is 5.32 Å². The molecule has 0 aliphatic carbocycles. The van der Waals surface area contributed by atoms with E-state index < -0.39 is 10.0 Å². The van der Waals surface area contributed by atoms with Crippen LogP contribution in [0.15, 0.2) is 24.3 Å². The molecule has 0 fully saturated rings. The lowest BCUT2D eigenvalue weighted by molar-refractivity contribution is -0.121. The van der Waals surface area contributed by atoms with E-state index in [-0.39, 0.29) is 19.0 Å². The van der Waals surface area contributed by atoms with E-state index in [1.807, 2.05) is 6.07 Å². The Morgan fingerprint density at radius 1 is 1.41 bits per heavy atom. The predicted octanol–water partition coefficient (Wildman–Crippen LogP) is 0.907. The first-order valence-electron chi connectivity index (χ1n) is 6.78. The van der Waals surface area contributed by atoms with E-state index >= 15 is 0 Å². The minimum atomic E-state index is -3.46. The van der Waals surface area contributed by atoms with Crippen molar-refractivity contribution in [1.82, 2.24) is 9.62 Å². The maximum absolute atomic E-state index is 11.8. The number of hydrogen-bond donors (Lipinski definition) is 1. The zero-order valence-corrected chi connectivity index (χ0v) is 14.3. The number of carbonyl (C=O) groups is 1. The molecule has 0 unspecified atom stereocenters. The largest absolute Gasteiger partial charge is 0.383 e. The van der Waals surface area contributed by atoms with Crippen molar-refractivity contribution in [3.63, 3.8) is 0 Å². The van der Waals surface area contributed by atoms with Crippen molar-refractivity contribution >= 4 is 27.5 Å². The molecule has 0 aromatic heterocycles. The molecule has 0 saturated carbocycles. The Morgan fingerprint density at radius 3 is 2.73 bits per heavy atom. The van der Waals surface area contributed by atoms with Gasteiger partial charge in [-0.3, -0.25) is 4.79 Å². The van der Waals surface area contributed by atoms with Gasteiger partial charge in [0.1, 0.15) is 0 Å². The molecule has 0 aliphatic rings. The van der Waals surface area contributed by atoms with Crippen LogP contribution in [0.25, 0.3) is 0 Å². The van der Waals surface area contributed by atoms with Crippen molar-refractivity contribution in [3.05, 3.63) is 34.9 Å². The van der Waals surface area contributed by atoms with Crippen LogP contribution in [0.2, 0.25) is 5.02 Å². The van der Waals surface area contributed by atoms with Gasteiger partial charge in [-0.1, -0.05) is 23.7 Å². The molecule has 1 rings (SSSR count). The molecule has 0 atom stereocenters. The van der Waals surface area contributed by atoms with E-state index in [4.69, 9.17) is 16.3 Å². The lowest BCUT2D eigenvalue weighted by Crippen LogP contribution is -2.42. The molecule has 1 aromatic carbocycles. The quantitative estimate of drug-likeness (QED) is 0.673. The highest BCUT2D eigenvalue weighted by Crippen LogP contribution is 2.12. The van der Waals surface area contributed by atoms with Gasteiger partial charge in [-0.2, -0.15) is 4.31 Å². The second kappa shape index (κ2) is 9.09. The molecule has 6 nitrogen and oxygen atoms in total. The highest BCUT2D eigenvalue weighted by molar-refractivity contribution is 7.88. The van der Waals surface area contributed by atoms with Crippen molar-refractivity contribution in [1.29, 1.82) is 0 Å². The van der Waals surface area contributed by atoms with Crippen LogP contribution in [0.1, 0.15) is 5.56 Å². The Hall–Kier alpha value is -1.15. The summed E-state index contributed by atoms with van der Waals surface area (Å²) in [5.74, 6) is -0.353. The van der Waals surface area contributed by atoms with Crippen molar-refractivity contribution in [3.8, 4) is 0 Å². The molecule has 1 amide bonds. The Kier molecular flexibility index (Phi) is 7.81. The third-order valence-corrected chi connectivity index (χ3v) is 4.44. The molecule has 0 aliphatic heterocycles. The molecule has 1 N–H and O–H groups in total. The van der Waals surface area contributed by atoms with Gasteiger partial charge < -0.3 is 10.1 Å². The third-order valence-electron chi connectivity index (χ3n) is 2.96. The van der Waals surface area contributed by atoms with Gasteiger partial charge >= 0.3 is 0 Å². The molecule has 8 heteroatoms. The molecule has 0 saturated heterocycles. The number of halogens is 1. The van der Waals surface area contributed by atoms with E-state index in [2.05, 4.69) is 5.32 Å². The van der Waals surface area contributed by atoms with Gasteiger partial charge in [0.2, 0.25) is 15.9 Å². The average molecular weight is 349 g/mol. The number of amides is 1. The SMILES string of the molecule is COCCNC(=O)CN(CCc1cccc(Cl)c1)S(C)(=O)=O. The van der Waals surface area contributed by atoms with Crippen molar-refractivity contribution in [2.24, 2.45) is 0 Å². The summed E-state index contributed by atoms with van der Waals surface area (Å²) < 4.78 is 29.5. The lowest BCUT2D eigenvalue weighted by Gasteiger charge is -2.19. The number of ether oxygens (including phenoxy) is 1. The van der Waals surface area contributed by atoms with E-state index in [9.17, 15) is 13.2 Å². The standard InChI is InChI=1S/C14H21ClN2O4S/c1-21-9-7-16-14(18)11-17(22(2,19)20)8-6-12-4-3-5-13(15)10-12/h3-5,10H,6-9,11H2,1-2H3,(H,16,18). The normalized spacial score (nSPS) is 11.6. The monoisotopic (exact) mass is 348 g/mol. The van der Waals surface area contributed by atoms with E-state index in [1.54, 1.807) is 18.2 Å². The van der Waals surface area contributed by atoms with Gasteiger partial charge in [0.25, 0.3) is 0 Å². The van der Waals surface area contributed by atoms with Gasteiger partial charge in [0.15, 0.2) is 0 Å². The Morgan fingerprint density at radius 2 is 2.14 bits per heavy atom. The number of nitrogens with zero attached hydrogens (tertiary/aromatic N) is 1. The van der Waals surface area contributed by atoms with Gasteiger partial charge in [0.05, 0.1) is 19.4 Å². The number of hydrogen-bond acceptors (Lipinski definition) is 4. The second-order valence-corrected chi connectivity index (χ2v) is 7.24. The van der Waals surface area contributed by atoms with Crippen LogP contribution in [-0.4, -0.2) is 58.2 Å². The molecular weight excluding hydrogens is 328 g/mol. The predicted molar refractivity (Wildman–Crippen MR) is 86.5 cm³/mol. The molecular formula is C14H21ClN2O4S. The molecule has 0 heterocycles. The maximum Gasteiger partial charge on any atom is 0.235 e. The summed E-state index contributed by atoms with van der Waals surface area (Å²) in [7, 11) is -1.93. The third kappa shape index (κ3) is 7.22. The molecule has 0 radical (unpaired) electrons. The summed E-state index contributed by atoms with van der Waals surface area (Å²) in [6, 6.07) is 7.20. The van der Waals surface area contributed by atoms with Gasteiger partial charge in [-0.15, -0.1) is 0 Å². The average Bonchev–Trinajstić information content (AvgIpc) is 2.42. The van der Waals surface area contributed by atoms with Crippen molar-refractivity contribution in [2.45, 2.75) is 6.42 Å². The van der Waals surface area contributed by atoms with Gasteiger partial charge in [-0.25, -0.2) is 8.42 Å².